The van der Waals surface area contributed by atoms with Crippen molar-refractivity contribution in [1.29, 1.82) is 0 Å². The Balaban J connectivity index is 2.25. The third-order valence-electron chi connectivity index (χ3n) is 2.88. The van der Waals surface area contributed by atoms with Crippen LogP contribution in [0.1, 0.15) is 10.4 Å². The predicted octanol–water partition coefficient (Wildman–Crippen LogP) is 3.30. The van der Waals surface area contributed by atoms with Crippen LogP contribution in [-0.2, 0) is 0 Å². The van der Waals surface area contributed by atoms with Gasteiger partial charge in [0, 0.05) is 21.9 Å². The maximum absolute atomic E-state index is 12.3. The van der Waals surface area contributed by atoms with Gasteiger partial charge in [-0.15, -0.1) is 0 Å². The lowest BCUT2D eigenvalue weighted by atomic mass is 10.2. The molecule has 2 aromatic carbocycles. The lowest BCUT2D eigenvalue weighted by Crippen LogP contribution is -2.13. The lowest BCUT2D eigenvalue weighted by Gasteiger charge is -2.11. The van der Waals surface area contributed by atoms with E-state index in [1.54, 1.807) is 43.5 Å². The number of halogens is 1. The van der Waals surface area contributed by atoms with E-state index in [1.165, 1.54) is 7.11 Å². The fourth-order valence-electron chi connectivity index (χ4n) is 1.83. The molecule has 2 aromatic rings. The van der Waals surface area contributed by atoms with E-state index in [-0.39, 0.29) is 5.91 Å². The average molecular weight is 351 g/mol. The molecule has 0 bridgehead atoms. The van der Waals surface area contributed by atoms with Crippen LogP contribution in [0.5, 0.6) is 11.5 Å². The second-order valence-corrected chi connectivity index (χ2v) is 5.12. The quantitative estimate of drug-likeness (QED) is 0.829. The van der Waals surface area contributed by atoms with Gasteiger partial charge in [-0.1, -0.05) is 0 Å². The number of carbonyl (C=O) groups is 1. The van der Waals surface area contributed by atoms with E-state index in [9.17, 15) is 4.79 Å². The van der Waals surface area contributed by atoms with Gasteiger partial charge in [0.25, 0.3) is 5.91 Å². The molecular weight excluding hydrogens is 336 g/mol. The minimum absolute atomic E-state index is 0.263. The van der Waals surface area contributed by atoms with E-state index < -0.39 is 0 Å². The molecule has 0 spiro atoms. The van der Waals surface area contributed by atoms with Gasteiger partial charge >= 0.3 is 0 Å². The Morgan fingerprint density at radius 1 is 1.10 bits per heavy atom. The van der Waals surface area contributed by atoms with Crippen molar-refractivity contribution in [2.24, 2.45) is 0 Å². The van der Waals surface area contributed by atoms with Crippen LogP contribution in [0.2, 0.25) is 0 Å². The second kappa shape index (κ2) is 6.49. The SMILES string of the molecule is COc1ccc(NC(=O)c2cc(N)ccc2Br)cc1OC. The highest BCUT2D eigenvalue weighted by atomic mass is 79.9. The van der Waals surface area contributed by atoms with E-state index in [4.69, 9.17) is 15.2 Å². The van der Waals surface area contributed by atoms with Gasteiger partial charge in [0.15, 0.2) is 11.5 Å². The maximum Gasteiger partial charge on any atom is 0.256 e. The molecule has 110 valence electrons. The summed E-state index contributed by atoms with van der Waals surface area (Å²) in [6.45, 7) is 0. The molecule has 0 fully saturated rings. The first-order valence-electron chi connectivity index (χ1n) is 6.13. The zero-order valence-electron chi connectivity index (χ0n) is 11.6. The van der Waals surface area contributed by atoms with E-state index >= 15 is 0 Å². The number of anilines is 2. The standard InChI is InChI=1S/C15H15BrN2O3/c1-20-13-6-4-10(8-14(13)21-2)18-15(19)11-7-9(17)3-5-12(11)16/h3-8H,17H2,1-2H3,(H,18,19). The Kier molecular flexibility index (Phi) is 4.70. The molecule has 1 amide bonds. The number of ether oxygens (including phenoxy) is 2. The van der Waals surface area contributed by atoms with Gasteiger partial charge in [0.2, 0.25) is 0 Å². The topological polar surface area (TPSA) is 73.6 Å². The number of hydrogen-bond acceptors (Lipinski definition) is 4. The number of rotatable bonds is 4. The first-order chi connectivity index (χ1) is 10.0. The smallest absolute Gasteiger partial charge is 0.256 e. The lowest BCUT2D eigenvalue weighted by molar-refractivity contribution is 0.102. The molecule has 6 heteroatoms. The molecule has 0 unspecified atom stereocenters. The Morgan fingerprint density at radius 2 is 1.81 bits per heavy atom. The zero-order valence-corrected chi connectivity index (χ0v) is 13.2. The maximum atomic E-state index is 12.3. The van der Waals surface area contributed by atoms with Crippen molar-refractivity contribution in [3.05, 3.63) is 46.4 Å². The fourth-order valence-corrected chi connectivity index (χ4v) is 2.26. The van der Waals surface area contributed by atoms with Gasteiger partial charge in [0.1, 0.15) is 0 Å². The Bertz CT molecular complexity index is 674. The number of nitrogens with one attached hydrogen (secondary N) is 1. The van der Waals surface area contributed by atoms with E-state index in [0.717, 1.165) is 0 Å². The Morgan fingerprint density at radius 3 is 2.48 bits per heavy atom. The molecule has 0 aliphatic carbocycles. The largest absolute Gasteiger partial charge is 0.493 e. The summed E-state index contributed by atoms with van der Waals surface area (Å²) in [5.41, 5.74) is 7.30. The molecule has 0 saturated heterocycles. The van der Waals surface area contributed by atoms with E-state index in [1.807, 2.05) is 0 Å². The molecular formula is C15H15BrN2O3. The van der Waals surface area contributed by atoms with Crippen molar-refractivity contribution < 1.29 is 14.3 Å². The number of methoxy groups -OCH3 is 2. The van der Waals surface area contributed by atoms with Crippen LogP contribution in [0.25, 0.3) is 0 Å². The van der Waals surface area contributed by atoms with Crippen molar-refractivity contribution in [3.63, 3.8) is 0 Å². The predicted molar refractivity (Wildman–Crippen MR) is 86.1 cm³/mol. The molecule has 3 N–H and O–H groups in total. The summed E-state index contributed by atoms with van der Waals surface area (Å²) in [7, 11) is 3.10. The Labute approximate surface area is 131 Å². The van der Waals surface area contributed by atoms with Gasteiger partial charge in [0.05, 0.1) is 19.8 Å². The summed E-state index contributed by atoms with van der Waals surface area (Å²) in [6, 6.07) is 10.2. The van der Waals surface area contributed by atoms with Crippen molar-refractivity contribution in [2.75, 3.05) is 25.3 Å². The molecule has 0 atom stereocenters. The average Bonchev–Trinajstić information content (AvgIpc) is 2.49. The van der Waals surface area contributed by atoms with Gasteiger partial charge in [-0.05, 0) is 46.3 Å². The molecule has 21 heavy (non-hydrogen) atoms. The van der Waals surface area contributed by atoms with Crippen molar-refractivity contribution >= 4 is 33.2 Å². The number of carbonyl (C=O) groups excluding carboxylic acids is 1. The minimum atomic E-state index is -0.263. The van der Waals surface area contributed by atoms with Crippen LogP contribution in [0.15, 0.2) is 40.9 Å². The summed E-state index contributed by atoms with van der Waals surface area (Å²) in [5, 5.41) is 2.79. The molecule has 2 rings (SSSR count). The molecule has 0 saturated carbocycles. The van der Waals surface area contributed by atoms with E-state index in [0.29, 0.717) is 32.9 Å². The van der Waals surface area contributed by atoms with E-state index in [2.05, 4.69) is 21.2 Å². The van der Waals surface area contributed by atoms with Crippen molar-refractivity contribution in [3.8, 4) is 11.5 Å². The summed E-state index contributed by atoms with van der Waals surface area (Å²) < 4.78 is 11.0. The zero-order chi connectivity index (χ0) is 15.4. The summed E-state index contributed by atoms with van der Waals surface area (Å²) >= 11 is 3.33. The molecule has 0 aliphatic heterocycles. The van der Waals surface area contributed by atoms with Crippen LogP contribution in [0.3, 0.4) is 0 Å². The number of nitrogen functional groups attached to an aromatic ring is 1. The normalized spacial score (nSPS) is 10.0. The first-order valence-corrected chi connectivity index (χ1v) is 6.93. The van der Waals surface area contributed by atoms with Crippen molar-refractivity contribution in [2.45, 2.75) is 0 Å². The van der Waals surface area contributed by atoms with Crippen LogP contribution in [0, 0.1) is 0 Å². The Hall–Kier alpha value is -2.21. The molecule has 0 aliphatic rings. The number of nitrogens with two attached hydrogens (primary N) is 1. The third-order valence-corrected chi connectivity index (χ3v) is 3.57. The molecule has 5 nitrogen and oxygen atoms in total. The number of hydrogen-bond donors (Lipinski definition) is 2. The highest BCUT2D eigenvalue weighted by molar-refractivity contribution is 9.10. The summed E-state index contributed by atoms with van der Waals surface area (Å²) in [5.74, 6) is 0.879. The van der Waals surface area contributed by atoms with Crippen LogP contribution in [0.4, 0.5) is 11.4 Å². The number of amides is 1. The van der Waals surface area contributed by atoms with Gasteiger partial charge < -0.3 is 20.5 Å². The highest BCUT2D eigenvalue weighted by Crippen LogP contribution is 2.30. The van der Waals surface area contributed by atoms with Gasteiger partial charge in [-0.3, -0.25) is 4.79 Å². The van der Waals surface area contributed by atoms with Crippen molar-refractivity contribution in [1.82, 2.24) is 0 Å². The fraction of sp³-hybridized carbons (Fsp3) is 0.133. The number of benzene rings is 2. The van der Waals surface area contributed by atoms with Gasteiger partial charge in [-0.25, -0.2) is 0 Å². The molecule has 0 radical (unpaired) electrons. The second-order valence-electron chi connectivity index (χ2n) is 4.26. The summed E-state index contributed by atoms with van der Waals surface area (Å²) in [4.78, 5) is 12.3. The van der Waals surface area contributed by atoms with Crippen LogP contribution in [-0.4, -0.2) is 20.1 Å². The monoisotopic (exact) mass is 350 g/mol. The van der Waals surface area contributed by atoms with Crippen LogP contribution >= 0.6 is 15.9 Å². The molecule has 0 aromatic heterocycles. The third kappa shape index (κ3) is 3.46. The molecule has 0 heterocycles. The highest BCUT2D eigenvalue weighted by Gasteiger charge is 2.12. The minimum Gasteiger partial charge on any atom is -0.493 e. The van der Waals surface area contributed by atoms with Gasteiger partial charge in [-0.2, -0.15) is 0 Å². The van der Waals surface area contributed by atoms with Crippen LogP contribution < -0.4 is 20.5 Å². The first kappa shape index (κ1) is 15.2. The summed E-state index contributed by atoms with van der Waals surface area (Å²) in [6.07, 6.45) is 0.